The predicted octanol–water partition coefficient (Wildman–Crippen LogP) is 1.55. The zero-order valence-corrected chi connectivity index (χ0v) is 9.36. The predicted molar refractivity (Wildman–Crippen MR) is 63.8 cm³/mol. The topological polar surface area (TPSA) is 41.3 Å². The van der Waals surface area contributed by atoms with E-state index in [9.17, 15) is 0 Å². The quantitative estimate of drug-likeness (QED) is 0.786. The second kappa shape index (κ2) is 3.79. The summed E-state index contributed by atoms with van der Waals surface area (Å²) in [7, 11) is 0. The van der Waals surface area contributed by atoms with E-state index in [0.29, 0.717) is 0 Å². The largest absolute Gasteiger partial charge is 0.369 e. The highest BCUT2D eigenvalue weighted by Crippen LogP contribution is 2.23. The Morgan fingerprint density at radius 3 is 2.94 bits per heavy atom. The number of anilines is 1. The summed E-state index contributed by atoms with van der Waals surface area (Å²) in [5, 5.41) is 8.52. The number of aromatic nitrogens is 1. The summed E-state index contributed by atoms with van der Waals surface area (Å²) in [4.78, 5) is 2.37. The van der Waals surface area contributed by atoms with Gasteiger partial charge in [0.25, 0.3) is 0 Å². The van der Waals surface area contributed by atoms with E-state index in [4.69, 9.17) is 4.52 Å². The highest BCUT2D eigenvalue weighted by Gasteiger charge is 2.12. The first kappa shape index (κ1) is 9.66. The smallest absolute Gasteiger partial charge is 0.141 e. The van der Waals surface area contributed by atoms with E-state index in [1.54, 1.807) is 0 Å². The van der Waals surface area contributed by atoms with Crippen LogP contribution >= 0.6 is 0 Å². The molecule has 1 N–H and O–H groups in total. The van der Waals surface area contributed by atoms with Gasteiger partial charge in [0.15, 0.2) is 0 Å². The minimum Gasteiger partial charge on any atom is -0.369 e. The van der Waals surface area contributed by atoms with Gasteiger partial charge in [0.1, 0.15) is 11.3 Å². The third-order valence-electron chi connectivity index (χ3n) is 3.12. The summed E-state index contributed by atoms with van der Waals surface area (Å²) in [6, 6.07) is 6.35. The standard InChI is InChI=1S/C12H15N3O/c1-9-11-3-2-10(8-12(11)14-16-9)15-6-4-13-5-7-15/h2-3,8,13H,4-7H2,1H3. The molecular weight excluding hydrogens is 202 g/mol. The molecule has 0 spiro atoms. The molecule has 2 heterocycles. The van der Waals surface area contributed by atoms with Crippen LogP contribution in [0.15, 0.2) is 22.7 Å². The summed E-state index contributed by atoms with van der Waals surface area (Å²) in [5.74, 6) is 0.891. The number of hydrogen-bond donors (Lipinski definition) is 1. The maximum absolute atomic E-state index is 5.18. The van der Waals surface area contributed by atoms with E-state index in [-0.39, 0.29) is 0 Å². The molecule has 0 bridgehead atoms. The average molecular weight is 217 g/mol. The van der Waals surface area contributed by atoms with E-state index in [1.807, 2.05) is 6.92 Å². The summed E-state index contributed by atoms with van der Waals surface area (Å²) in [6.07, 6.45) is 0. The zero-order chi connectivity index (χ0) is 11.0. The van der Waals surface area contributed by atoms with Crippen molar-refractivity contribution < 1.29 is 4.52 Å². The molecule has 0 radical (unpaired) electrons. The molecule has 84 valence electrons. The number of piperazine rings is 1. The first-order valence-corrected chi connectivity index (χ1v) is 5.66. The molecule has 1 aliphatic heterocycles. The fourth-order valence-electron chi connectivity index (χ4n) is 2.18. The summed E-state index contributed by atoms with van der Waals surface area (Å²) in [5.41, 5.74) is 2.19. The van der Waals surface area contributed by atoms with E-state index < -0.39 is 0 Å². The van der Waals surface area contributed by atoms with Gasteiger partial charge < -0.3 is 14.7 Å². The molecule has 4 heteroatoms. The lowest BCUT2D eigenvalue weighted by atomic mass is 10.2. The first-order chi connectivity index (χ1) is 7.84. The van der Waals surface area contributed by atoms with Crippen LogP contribution in [0.2, 0.25) is 0 Å². The van der Waals surface area contributed by atoms with Gasteiger partial charge in [-0.05, 0) is 25.1 Å². The van der Waals surface area contributed by atoms with Crippen LogP contribution in [-0.2, 0) is 0 Å². The van der Waals surface area contributed by atoms with Gasteiger partial charge in [0, 0.05) is 37.3 Å². The highest BCUT2D eigenvalue weighted by atomic mass is 16.5. The molecule has 1 fully saturated rings. The number of aryl methyl sites for hydroxylation is 1. The second-order valence-electron chi connectivity index (χ2n) is 4.18. The van der Waals surface area contributed by atoms with E-state index in [0.717, 1.165) is 42.8 Å². The van der Waals surface area contributed by atoms with E-state index in [1.165, 1.54) is 5.69 Å². The van der Waals surface area contributed by atoms with Crippen molar-refractivity contribution in [1.29, 1.82) is 0 Å². The van der Waals surface area contributed by atoms with Crippen molar-refractivity contribution in [2.24, 2.45) is 0 Å². The molecule has 3 rings (SSSR count). The molecule has 1 aromatic carbocycles. The summed E-state index contributed by atoms with van der Waals surface area (Å²) >= 11 is 0. The third kappa shape index (κ3) is 1.55. The Bertz CT molecular complexity index is 500. The first-order valence-electron chi connectivity index (χ1n) is 5.66. The van der Waals surface area contributed by atoms with Gasteiger partial charge in [0.2, 0.25) is 0 Å². The lowest BCUT2D eigenvalue weighted by molar-refractivity contribution is 0.405. The van der Waals surface area contributed by atoms with Crippen molar-refractivity contribution in [3.63, 3.8) is 0 Å². The maximum Gasteiger partial charge on any atom is 0.141 e. The van der Waals surface area contributed by atoms with Crippen molar-refractivity contribution in [3.8, 4) is 0 Å². The van der Waals surface area contributed by atoms with Gasteiger partial charge in [-0.1, -0.05) is 5.16 Å². The Morgan fingerprint density at radius 1 is 1.31 bits per heavy atom. The second-order valence-corrected chi connectivity index (χ2v) is 4.18. The van der Waals surface area contributed by atoms with Crippen LogP contribution in [0.4, 0.5) is 5.69 Å². The summed E-state index contributed by atoms with van der Waals surface area (Å²) < 4.78 is 5.18. The molecule has 2 aromatic rings. The van der Waals surface area contributed by atoms with Gasteiger partial charge in [-0.25, -0.2) is 0 Å². The van der Waals surface area contributed by atoms with Crippen LogP contribution in [0.3, 0.4) is 0 Å². The Balaban J connectivity index is 1.97. The van der Waals surface area contributed by atoms with Crippen LogP contribution in [0, 0.1) is 6.92 Å². The number of rotatable bonds is 1. The lowest BCUT2D eigenvalue weighted by Gasteiger charge is -2.29. The van der Waals surface area contributed by atoms with E-state index >= 15 is 0 Å². The van der Waals surface area contributed by atoms with Gasteiger partial charge in [-0.3, -0.25) is 0 Å². The van der Waals surface area contributed by atoms with Crippen molar-refractivity contribution >= 4 is 16.6 Å². The fourth-order valence-corrected chi connectivity index (χ4v) is 2.18. The molecule has 1 saturated heterocycles. The number of benzene rings is 1. The summed E-state index contributed by atoms with van der Waals surface area (Å²) in [6.45, 7) is 6.16. The molecular formula is C12H15N3O. The van der Waals surface area contributed by atoms with E-state index in [2.05, 4.69) is 33.6 Å². The molecule has 0 unspecified atom stereocenters. The molecule has 16 heavy (non-hydrogen) atoms. The Hall–Kier alpha value is -1.55. The molecule has 0 aliphatic carbocycles. The highest BCUT2D eigenvalue weighted by molar-refractivity contribution is 5.83. The van der Waals surface area contributed by atoms with Crippen LogP contribution in [0.5, 0.6) is 0 Å². The number of fused-ring (bicyclic) bond motifs is 1. The molecule has 4 nitrogen and oxygen atoms in total. The number of nitrogens with zero attached hydrogens (tertiary/aromatic N) is 2. The normalized spacial score (nSPS) is 16.9. The molecule has 0 amide bonds. The molecule has 0 saturated carbocycles. The zero-order valence-electron chi connectivity index (χ0n) is 9.36. The minimum atomic E-state index is 0.891. The Kier molecular flexibility index (Phi) is 2.29. The van der Waals surface area contributed by atoms with Gasteiger partial charge >= 0.3 is 0 Å². The van der Waals surface area contributed by atoms with Crippen LogP contribution in [0.25, 0.3) is 10.9 Å². The Morgan fingerprint density at radius 2 is 2.12 bits per heavy atom. The Labute approximate surface area is 94.2 Å². The molecule has 1 aromatic heterocycles. The monoisotopic (exact) mass is 217 g/mol. The average Bonchev–Trinajstić information content (AvgIpc) is 2.72. The van der Waals surface area contributed by atoms with Crippen LogP contribution < -0.4 is 10.2 Å². The molecule has 0 atom stereocenters. The van der Waals surface area contributed by atoms with Gasteiger partial charge in [-0.15, -0.1) is 0 Å². The van der Waals surface area contributed by atoms with Crippen molar-refractivity contribution in [1.82, 2.24) is 10.5 Å². The van der Waals surface area contributed by atoms with Crippen LogP contribution in [-0.4, -0.2) is 31.3 Å². The molecule has 1 aliphatic rings. The van der Waals surface area contributed by atoms with Crippen LogP contribution in [0.1, 0.15) is 5.76 Å². The van der Waals surface area contributed by atoms with Gasteiger partial charge in [0.05, 0.1) is 0 Å². The maximum atomic E-state index is 5.18. The lowest BCUT2D eigenvalue weighted by Crippen LogP contribution is -2.43. The van der Waals surface area contributed by atoms with Crippen molar-refractivity contribution in [3.05, 3.63) is 24.0 Å². The van der Waals surface area contributed by atoms with Crippen molar-refractivity contribution in [2.75, 3.05) is 31.1 Å². The number of nitrogens with one attached hydrogen (secondary N) is 1. The third-order valence-corrected chi connectivity index (χ3v) is 3.12. The SMILES string of the molecule is Cc1onc2cc(N3CCNCC3)ccc12. The van der Waals surface area contributed by atoms with Gasteiger partial charge in [-0.2, -0.15) is 0 Å². The van der Waals surface area contributed by atoms with Crippen molar-refractivity contribution in [2.45, 2.75) is 6.92 Å². The fraction of sp³-hybridized carbons (Fsp3) is 0.417. The number of hydrogen-bond acceptors (Lipinski definition) is 4. The minimum absolute atomic E-state index is 0.891.